The largest absolute Gasteiger partial charge is 0.497 e. The van der Waals surface area contributed by atoms with Gasteiger partial charge in [-0.1, -0.05) is 12.1 Å². The van der Waals surface area contributed by atoms with Crippen molar-refractivity contribution in [2.24, 2.45) is 5.92 Å². The summed E-state index contributed by atoms with van der Waals surface area (Å²) in [4.78, 5) is 0. The summed E-state index contributed by atoms with van der Waals surface area (Å²) < 4.78 is 23.2. The van der Waals surface area contributed by atoms with Crippen molar-refractivity contribution in [1.82, 2.24) is 0 Å². The minimum Gasteiger partial charge on any atom is -0.497 e. The van der Waals surface area contributed by atoms with Gasteiger partial charge in [0.2, 0.25) is 0 Å². The first-order valence-corrected chi connectivity index (χ1v) is 9.17. The van der Waals surface area contributed by atoms with E-state index in [1.807, 2.05) is 12.1 Å². The molecule has 0 bridgehead atoms. The molecule has 1 N–H and O–H groups in total. The molecule has 3 aliphatic rings. The third-order valence-corrected chi connectivity index (χ3v) is 5.94. The number of ether oxygens (including phenoxy) is 4. The van der Waals surface area contributed by atoms with Crippen molar-refractivity contribution in [3.63, 3.8) is 0 Å². The Hall–Kier alpha value is -2.40. The van der Waals surface area contributed by atoms with Gasteiger partial charge in [-0.25, -0.2) is 0 Å². The van der Waals surface area contributed by atoms with Crippen molar-refractivity contribution < 1.29 is 18.9 Å². The number of hydrogen-bond acceptors (Lipinski definition) is 5. The third kappa shape index (κ3) is 2.27. The van der Waals surface area contributed by atoms with Gasteiger partial charge in [0.1, 0.15) is 19.0 Å². The maximum Gasteiger partial charge on any atom is 0.163 e. The molecule has 5 rings (SSSR count). The van der Waals surface area contributed by atoms with Gasteiger partial charge in [-0.15, -0.1) is 0 Å². The second kappa shape index (κ2) is 5.81. The van der Waals surface area contributed by atoms with E-state index in [0.29, 0.717) is 19.1 Å². The third-order valence-electron chi connectivity index (χ3n) is 5.94. The van der Waals surface area contributed by atoms with Crippen LogP contribution in [0.5, 0.6) is 17.2 Å². The molecular weight excluding hydrogens is 330 g/mol. The Kier molecular flexibility index (Phi) is 3.54. The van der Waals surface area contributed by atoms with Gasteiger partial charge in [-0.3, -0.25) is 0 Å². The van der Waals surface area contributed by atoms with Crippen LogP contribution < -0.4 is 19.5 Å². The minimum atomic E-state index is -0.332. The van der Waals surface area contributed by atoms with E-state index in [2.05, 4.69) is 36.5 Å². The van der Waals surface area contributed by atoms with Crippen molar-refractivity contribution >= 4 is 5.69 Å². The van der Waals surface area contributed by atoms with Gasteiger partial charge in [0.05, 0.1) is 18.8 Å². The Labute approximate surface area is 153 Å². The smallest absolute Gasteiger partial charge is 0.163 e. The topological polar surface area (TPSA) is 49.0 Å². The maximum absolute atomic E-state index is 6.30. The molecule has 5 nitrogen and oxygen atoms in total. The quantitative estimate of drug-likeness (QED) is 0.888. The summed E-state index contributed by atoms with van der Waals surface area (Å²) in [5, 5.41) is 3.74. The molecule has 5 heteroatoms. The number of hydrogen-bond donors (Lipinski definition) is 1. The first kappa shape index (κ1) is 15.8. The second-order valence-corrected chi connectivity index (χ2v) is 7.29. The fourth-order valence-electron chi connectivity index (χ4n) is 4.56. The van der Waals surface area contributed by atoms with Crippen LogP contribution in [0.3, 0.4) is 0 Å². The lowest BCUT2D eigenvalue weighted by Gasteiger charge is -2.43. The van der Waals surface area contributed by atoms with Crippen molar-refractivity contribution in [3.8, 4) is 17.2 Å². The molecular formula is C21H23NO4. The lowest BCUT2D eigenvalue weighted by molar-refractivity contribution is -0.0182. The Morgan fingerprint density at radius 1 is 1.04 bits per heavy atom. The summed E-state index contributed by atoms with van der Waals surface area (Å²) in [5.41, 5.74) is 3.14. The molecule has 2 aromatic carbocycles. The summed E-state index contributed by atoms with van der Waals surface area (Å²) in [6.45, 7) is 4.15. The van der Waals surface area contributed by atoms with E-state index in [4.69, 9.17) is 18.9 Å². The fourth-order valence-corrected chi connectivity index (χ4v) is 4.56. The van der Waals surface area contributed by atoms with E-state index < -0.39 is 0 Å². The average molecular weight is 353 g/mol. The number of fused-ring (bicyclic) bond motifs is 4. The maximum atomic E-state index is 6.30. The van der Waals surface area contributed by atoms with E-state index >= 15 is 0 Å². The van der Waals surface area contributed by atoms with Crippen molar-refractivity contribution in [2.45, 2.75) is 25.0 Å². The van der Waals surface area contributed by atoms with Gasteiger partial charge in [0.15, 0.2) is 11.5 Å². The van der Waals surface area contributed by atoms with Crippen LogP contribution in [0.15, 0.2) is 36.4 Å². The summed E-state index contributed by atoms with van der Waals surface area (Å²) in [7, 11) is 1.69. The van der Waals surface area contributed by atoms with Gasteiger partial charge in [-0.05, 0) is 37.1 Å². The Morgan fingerprint density at radius 3 is 2.50 bits per heavy atom. The summed E-state index contributed by atoms with van der Waals surface area (Å²) in [6, 6.07) is 12.6. The lowest BCUT2D eigenvalue weighted by atomic mass is 9.72. The minimum absolute atomic E-state index is 0.184. The average Bonchev–Trinajstić information content (AvgIpc) is 3.09. The highest BCUT2D eigenvalue weighted by molar-refractivity contribution is 5.66. The molecule has 136 valence electrons. The Bertz CT molecular complexity index is 835. The molecule has 26 heavy (non-hydrogen) atoms. The highest BCUT2D eigenvalue weighted by Crippen LogP contribution is 2.55. The normalized spacial score (nSPS) is 28.7. The molecule has 0 spiro atoms. The highest BCUT2D eigenvalue weighted by atomic mass is 16.6. The zero-order valence-electron chi connectivity index (χ0n) is 15.1. The summed E-state index contributed by atoms with van der Waals surface area (Å²) in [6.07, 6.45) is 1.02. The molecule has 0 radical (unpaired) electrons. The number of benzene rings is 2. The number of nitrogens with one attached hydrogen (secondary N) is 1. The lowest BCUT2D eigenvalue weighted by Crippen LogP contribution is -2.40. The molecule has 2 aromatic rings. The summed E-state index contributed by atoms with van der Waals surface area (Å²) in [5.74, 6) is 2.84. The highest BCUT2D eigenvalue weighted by Gasteiger charge is 2.50. The van der Waals surface area contributed by atoms with Gasteiger partial charge in [-0.2, -0.15) is 0 Å². The fraction of sp³-hybridized carbons (Fsp3) is 0.429. The second-order valence-electron chi connectivity index (χ2n) is 7.29. The number of rotatable bonds is 2. The van der Waals surface area contributed by atoms with Crippen LogP contribution in [0.4, 0.5) is 5.69 Å². The number of anilines is 1. The monoisotopic (exact) mass is 353 g/mol. The first-order chi connectivity index (χ1) is 12.7. The molecule has 1 saturated heterocycles. The predicted molar refractivity (Wildman–Crippen MR) is 98.2 cm³/mol. The van der Waals surface area contributed by atoms with E-state index in [9.17, 15) is 0 Å². The summed E-state index contributed by atoms with van der Waals surface area (Å²) >= 11 is 0. The van der Waals surface area contributed by atoms with E-state index in [0.717, 1.165) is 41.5 Å². The number of methoxy groups -OCH3 is 1. The van der Waals surface area contributed by atoms with Crippen LogP contribution in [0.1, 0.15) is 30.5 Å². The standard InChI is InChI=1S/C21H23NO4/c1-21-15(7-8-26-21)20(13-3-5-14(23-2)6-4-13)22-17-12-19-18(11-16(17)21)24-9-10-25-19/h3-6,11-12,15,20,22H,7-10H2,1-2H3/t15-,20-,21-/m0/s1. The van der Waals surface area contributed by atoms with Crippen molar-refractivity contribution in [3.05, 3.63) is 47.5 Å². The van der Waals surface area contributed by atoms with Crippen molar-refractivity contribution in [2.75, 3.05) is 32.2 Å². The van der Waals surface area contributed by atoms with Crippen molar-refractivity contribution in [1.29, 1.82) is 0 Å². The Balaban J connectivity index is 1.60. The first-order valence-electron chi connectivity index (χ1n) is 9.17. The Morgan fingerprint density at radius 2 is 1.77 bits per heavy atom. The molecule has 0 aromatic heterocycles. The molecule has 0 aliphatic carbocycles. The van der Waals surface area contributed by atoms with E-state index in [-0.39, 0.29) is 11.6 Å². The molecule has 3 heterocycles. The predicted octanol–water partition coefficient (Wildman–Crippen LogP) is 3.88. The van der Waals surface area contributed by atoms with Gasteiger partial charge in [0, 0.05) is 29.8 Å². The zero-order chi connectivity index (χ0) is 17.7. The van der Waals surface area contributed by atoms with Gasteiger partial charge in [0.25, 0.3) is 0 Å². The zero-order valence-corrected chi connectivity index (χ0v) is 15.1. The van der Waals surface area contributed by atoms with Crippen LogP contribution in [-0.4, -0.2) is 26.9 Å². The molecule has 0 amide bonds. The van der Waals surface area contributed by atoms with E-state index in [1.54, 1.807) is 7.11 Å². The van der Waals surface area contributed by atoms with Crippen LogP contribution >= 0.6 is 0 Å². The van der Waals surface area contributed by atoms with Crippen LogP contribution in [0.25, 0.3) is 0 Å². The van der Waals surface area contributed by atoms with E-state index in [1.165, 1.54) is 5.56 Å². The van der Waals surface area contributed by atoms with Gasteiger partial charge >= 0.3 is 0 Å². The molecule has 3 aliphatic heterocycles. The van der Waals surface area contributed by atoms with Gasteiger partial charge < -0.3 is 24.3 Å². The molecule has 0 saturated carbocycles. The van der Waals surface area contributed by atoms with Crippen LogP contribution in [0, 0.1) is 5.92 Å². The van der Waals surface area contributed by atoms with Crippen LogP contribution in [0.2, 0.25) is 0 Å². The molecule has 3 atom stereocenters. The molecule has 1 fully saturated rings. The van der Waals surface area contributed by atoms with Crippen LogP contribution in [-0.2, 0) is 10.3 Å². The molecule has 0 unspecified atom stereocenters. The SMILES string of the molecule is COc1ccc([C@@H]2Nc3cc4c(cc3[C@@]3(C)OCC[C@@H]23)OCCO4)cc1.